The summed E-state index contributed by atoms with van der Waals surface area (Å²) in [6.45, 7) is 0. The molecule has 28 heavy (non-hydrogen) atoms. The molecule has 0 spiro atoms. The highest BCUT2D eigenvalue weighted by atomic mass is 19.1. The van der Waals surface area contributed by atoms with Crippen LogP contribution in [0, 0.1) is 0 Å². The lowest BCUT2D eigenvalue weighted by Crippen LogP contribution is -2.36. The van der Waals surface area contributed by atoms with Gasteiger partial charge in [0.15, 0.2) is 5.82 Å². The molecule has 0 saturated heterocycles. The van der Waals surface area contributed by atoms with Crippen molar-refractivity contribution in [3.63, 3.8) is 0 Å². The van der Waals surface area contributed by atoms with Crippen molar-refractivity contribution in [3.05, 3.63) is 49.1 Å². The van der Waals surface area contributed by atoms with Gasteiger partial charge in [0.25, 0.3) is 0 Å². The Bertz CT molecular complexity index is 932. The van der Waals surface area contributed by atoms with Gasteiger partial charge in [-0.05, 0) is 30.7 Å². The Morgan fingerprint density at radius 2 is 2.07 bits per heavy atom. The lowest BCUT2D eigenvalue weighted by molar-refractivity contribution is 0.102. The minimum Gasteiger partial charge on any atom is -0.507 e. The number of ether oxygens (including phenoxy) is 1. The quantitative estimate of drug-likeness (QED) is 0.730. The van der Waals surface area contributed by atoms with E-state index in [1.165, 1.54) is 0 Å². The van der Waals surface area contributed by atoms with E-state index in [1.807, 2.05) is 18.0 Å². The van der Waals surface area contributed by atoms with E-state index in [0.717, 1.165) is 5.69 Å². The Kier molecular flexibility index (Phi) is 4.95. The standard InChI is InChI=1S/C20H22FN5O2/c1-25(18-11-14(28-2)10-16(18)21)20-6-5-17(23-24-20)15-4-3-13(9-19(15)27)26-8-7-22-12-26/h3-9,12,14,16,18,27H,10-11H2,1-2H3/t14-,16-,18-/m1/s1. The molecule has 1 aliphatic rings. The van der Waals surface area contributed by atoms with Crippen LogP contribution in [-0.2, 0) is 4.74 Å². The first-order valence-corrected chi connectivity index (χ1v) is 9.12. The zero-order valence-electron chi connectivity index (χ0n) is 15.7. The maximum absolute atomic E-state index is 14.3. The molecule has 0 bridgehead atoms. The number of phenols is 1. The molecular formula is C20H22FN5O2. The number of benzene rings is 1. The molecule has 4 rings (SSSR count). The average Bonchev–Trinajstić information content (AvgIpc) is 3.37. The summed E-state index contributed by atoms with van der Waals surface area (Å²) in [5.41, 5.74) is 1.92. The van der Waals surface area contributed by atoms with Crippen LogP contribution in [0.3, 0.4) is 0 Å². The smallest absolute Gasteiger partial charge is 0.151 e. The van der Waals surface area contributed by atoms with Crippen LogP contribution in [0.2, 0.25) is 0 Å². The van der Waals surface area contributed by atoms with Crippen LogP contribution in [0.15, 0.2) is 49.1 Å². The van der Waals surface area contributed by atoms with E-state index >= 15 is 0 Å². The number of aromatic nitrogens is 4. The fourth-order valence-corrected chi connectivity index (χ4v) is 3.65. The van der Waals surface area contributed by atoms with Crippen molar-refractivity contribution in [2.24, 2.45) is 0 Å². The molecule has 7 nitrogen and oxygen atoms in total. The van der Waals surface area contributed by atoms with E-state index in [0.29, 0.717) is 29.9 Å². The van der Waals surface area contributed by atoms with Crippen molar-refractivity contribution in [1.82, 2.24) is 19.7 Å². The number of phenolic OH excluding ortho intramolecular Hbond substituents is 1. The number of nitrogens with zero attached hydrogens (tertiary/aromatic N) is 5. The summed E-state index contributed by atoms with van der Waals surface area (Å²) in [7, 11) is 3.43. The second-order valence-electron chi connectivity index (χ2n) is 6.97. The number of aromatic hydroxyl groups is 1. The van der Waals surface area contributed by atoms with Gasteiger partial charge in [-0.25, -0.2) is 9.37 Å². The van der Waals surface area contributed by atoms with Gasteiger partial charge in [0.2, 0.25) is 0 Å². The number of alkyl halides is 1. The van der Waals surface area contributed by atoms with E-state index in [-0.39, 0.29) is 17.9 Å². The number of hydrogen-bond acceptors (Lipinski definition) is 6. The van der Waals surface area contributed by atoms with Gasteiger partial charge >= 0.3 is 0 Å². The molecule has 1 aliphatic carbocycles. The first-order valence-electron chi connectivity index (χ1n) is 9.12. The van der Waals surface area contributed by atoms with Gasteiger partial charge in [-0.1, -0.05) is 0 Å². The van der Waals surface area contributed by atoms with E-state index in [9.17, 15) is 9.50 Å². The van der Waals surface area contributed by atoms with E-state index < -0.39 is 6.17 Å². The third kappa shape index (κ3) is 3.43. The minimum atomic E-state index is -0.962. The van der Waals surface area contributed by atoms with Gasteiger partial charge in [-0.15, -0.1) is 10.2 Å². The summed E-state index contributed by atoms with van der Waals surface area (Å²) in [6, 6.07) is 8.59. The molecule has 2 heterocycles. The Morgan fingerprint density at radius 3 is 2.68 bits per heavy atom. The van der Waals surface area contributed by atoms with Gasteiger partial charge in [-0.3, -0.25) is 0 Å². The number of methoxy groups -OCH3 is 1. The number of hydrogen-bond donors (Lipinski definition) is 1. The Morgan fingerprint density at radius 1 is 1.21 bits per heavy atom. The molecule has 1 saturated carbocycles. The molecule has 0 amide bonds. The fourth-order valence-electron chi connectivity index (χ4n) is 3.65. The zero-order chi connectivity index (χ0) is 19.7. The van der Waals surface area contributed by atoms with E-state index in [4.69, 9.17) is 4.74 Å². The molecule has 8 heteroatoms. The molecule has 3 aromatic rings. The number of anilines is 1. The second kappa shape index (κ2) is 7.55. The van der Waals surface area contributed by atoms with Crippen LogP contribution in [0.1, 0.15) is 12.8 Å². The van der Waals surface area contributed by atoms with Gasteiger partial charge < -0.3 is 19.3 Å². The first-order chi connectivity index (χ1) is 13.6. The largest absolute Gasteiger partial charge is 0.507 e. The highest BCUT2D eigenvalue weighted by molar-refractivity contribution is 5.69. The lowest BCUT2D eigenvalue weighted by atomic mass is 10.1. The van der Waals surface area contributed by atoms with E-state index in [2.05, 4.69) is 15.2 Å². The molecule has 2 aromatic heterocycles. The number of imidazole rings is 1. The van der Waals surface area contributed by atoms with Crippen LogP contribution in [0.25, 0.3) is 16.9 Å². The summed E-state index contributed by atoms with van der Waals surface area (Å²) >= 11 is 0. The molecule has 146 valence electrons. The summed E-state index contributed by atoms with van der Waals surface area (Å²) < 4.78 is 21.4. The molecular weight excluding hydrogens is 361 g/mol. The molecule has 1 N–H and O–H groups in total. The molecule has 1 aromatic carbocycles. The van der Waals surface area contributed by atoms with Crippen molar-refractivity contribution in [3.8, 4) is 22.7 Å². The molecule has 0 unspecified atom stereocenters. The maximum atomic E-state index is 14.3. The summed E-state index contributed by atoms with van der Waals surface area (Å²) in [4.78, 5) is 5.81. The molecule has 0 aliphatic heterocycles. The highest BCUT2D eigenvalue weighted by Crippen LogP contribution is 2.32. The predicted octanol–water partition coefficient (Wildman–Crippen LogP) is 2.99. The molecule has 0 radical (unpaired) electrons. The Labute approximate surface area is 162 Å². The zero-order valence-corrected chi connectivity index (χ0v) is 15.7. The third-order valence-electron chi connectivity index (χ3n) is 5.31. The van der Waals surface area contributed by atoms with Crippen LogP contribution in [-0.4, -0.2) is 57.3 Å². The monoisotopic (exact) mass is 383 g/mol. The van der Waals surface area contributed by atoms with Gasteiger partial charge in [-0.2, -0.15) is 0 Å². The van der Waals surface area contributed by atoms with Crippen molar-refractivity contribution in [2.45, 2.75) is 31.2 Å². The highest BCUT2D eigenvalue weighted by Gasteiger charge is 2.37. The predicted molar refractivity (Wildman–Crippen MR) is 103 cm³/mol. The van der Waals surface area contributed by atoms with Crippen molar-refractivity contribution in [1.29, 1.82) is 0 Å². The van der Waals surface area contributed by atoms with Crippen molar-refractivity contribution in [2.75, 3.05) is 19.1 Å². The third-order valence-corrected chi connectivity index (χ3v) is 5.31. The van der Waals surface area contributed by atoms with Crippen LogP contribution in [0.4, 0.5) is 10.2 Å². The summed E-state index contributed by atoms with van der Waals surface area (Å²) in [6.07, 6.45) is 5.12. The lowest BCUT2D eigenvalue weighted by Gasteiger charge is -2.26. The van der Waals surface area contributed by atoms with Crippen LogP contribution in [0.5, 0.6) is 5.75 Å². The normalized spacial score (nSPS) is 21.8. The minimum absolute atomic E-state index is 0.0689. The first kappa shape index (κ1) is 18.4. The topological polar surface area (TPSA) is 76.3 Å². The summed E-state index contributed by atoms with van der Waals surface area (Å²) in [5.74, 6) is 0.687. The van der Waals surface area contributed by atoms with Gasteiger partial charge in [0.1, 0.15) is 11.9 Å². The maximum Gasteiger partial charge on any atom is 0.151 e. The number of halogens is 1. The number of rotatable bonds is 5. The molecule has 3 atom stereocenters. The van der Waals surface area contributed by atoms with Crippen LogP contribution >= 0.6 is 0 Å². The second-order valence-corrected chi connectivity index (χ2v) is 6.97. The van der Waals surface area contributed by atoms with E-state index in [1.54, 1.807) is 54.7 Å². The SMILES string of the molecule is CO[C@@H]1C[C@@H](F)[C@H](N(C)c2ccc(-c3ccc(-n4ccnc4)cc3O)nn2)C1. The fraction of sp³-hybridized carbons (Fsp3) is 0.350. The van der Waals surface area contributed by atoms with Gasteiger partial charge in [0.05, 0.1) is 29.9 Å². The van der Waals surface area contributed by atoms with Crippen LogP contribution < -0.4 is 4.90 Å². The van der Waals surface area contributed by atoms with Crippen molar-refractivity contribution < 1.29 is 14.2 Å². The van der Waals surface area contributed by atoms with Crippen molar-refractivity contribution >= 4 is 5.82 Å². The molecule has 1 fully saturated rings. The Balaban J connectivity index is 1.53. The average molecular weight is 383 g/mol. The van der Waals surface area contributed by atoms with Gasteiger partial charge in [0, 0.05) is 44.6 Å². The summed E-state index contributed by atoms with van der Waals surface area (Å²) in [5, 5.41) is 18.9. The Hall–Kier alpha value is -3.00.